The number of pyridine rings is 1. The molecule has 2 atom stereocenters. The molecule has 1 fully saturated rings. The molecule has 2 aromatic heterocycles. The number of hydrogen-bond acceptors (Lipinski definition) is 4. The molecule has 0 radical (unpaired) electrons. The van der Waals surface area contributed by atoms with Crippen molar-refractivity contribution in [1.82, 2.24) is 19.1 Å². The Morgan fingerprint density at radius 1 is 1.32 bits per heavy atom. The number of carbonyl (C=O) groups excluding carboxylic acids is 1. The van der Waals surface area contributed by atoms with Crippen LogP contribution in [0.3, 0.4) is 0 Å². The molecule has 2 aromatic rings. The van der Waals surface area contributed by atoms with E-state index >= 15 is 0 Å². The van der Waals surface area contributed by atoms with Crippen molar-refractivity contribution in [2.45, 2.75) is 38.9 Å². The summed E-state index contributed by atoms with van der Waals surface area (Å²) >= 11 is 0. The summed E-state index contributed by atoms with van der Waals surface area (Å²) in [6.45, 7) is 5.36. The van der Waals surface area contributed by atoms with Crippen molar-refractivity contribution < 1.29 is 9.53 Å². The standard InChI is InChI=1S/C15H20N4O3/c1-11-9-22-10-12(2)19(11)14(20)6-8-18-15(21)17-7-4-3-5-13(17)16-18/h3-5,7,11-12H,6,8-10H2,1-2H3/t11-,12-/m0/s1. The maximum atomic E-state index is 12.4. The molecular weight excluding hydrogens is 284 g/mol. The van der Waals surface area contributed by atoms with E-state index in [0.29, 0.717) is 18.9 Å². The van der Waals surface area contributed by atoms with E-state index in [0.717, 1.165) is 0 Å². The van der Waals surface area contributed by atoms with Crippen LogP contribution in [0.15, 0.2) is 29.2 Å². The molecule has 118 valence electrons. The number of aryl methyl sites for hydroxylation is 1. The summed E-state index contributed by atoms with van der Waals surface area (Å²) in [6.07, 6.45) is 1.94. The minimum atomic E-state index is -0.216. The van der Waals surface area contributed by atoms with Crippen LogP contribution in [0.4, 0.5) is 0 Å². The number of ether oxygens (including phenoxy) is 1. The number of hydrogen-bond donors (Lipinski definition) is 0. The smallest absolute Gasteiger partial charge is 0.350 e. The van der Waals surface area contributed by atoms with Gasteiger partial charge in [-0.3, -0.25) is 9.20 Å². The van der Waals surface area contributed by atoms with E-state index in [1.807, 2.05) is 24.8 Å². The van der Waals surface area contributed by atoms with E-state index in [9.17, 15) is 9.59 Å². The average molecular weight is 304 g/mol. The SMILES string of the molecule is C[C@H]1COC[C@H](C)N1C(=O)CCn1nc2ccccn2c1=O. The molecule has 0 aliphatic carbocycles. The van der Waals surface area contributed by atoms with Crippen LogP contribution in [-0.4, -0.2) is 50.3 Å². The number of rotatable bonds is 3. The minimum Gasteiger partial charge on any atom is -0.377 e. The fraction of sp³-hybridized carbons (Fsp3) is 0.533. The lowest BCUT2D eigenvalue weighted by atomic mass is 10.1. The first-order valence-electron chi connectivity index (χ1n) is 7.51. The summed E-state index contributed by atoms with van der Waals surface area (Å²) < 4.78 is 8.26. The van der Waals surface area contributed by atoms with Crippen LogP contribution in [0.5, 0.6) is 0 Å². The van der Waals surface area contributed by atoms with E-state index in [4.69, 9.17) is 4.74 Å². The van der Waals surface area contributed by atoms with Gasteiger partial charge in [0.1, 0.15) is 0 Å². The molecule has 1 aliphatic heterocycles. The molecule has 7 nitrogen and oxygen atoms in total. The first-order valence-corrected chi connectivity index (χ1v) is 7.51. The third-order valence-electron chi connectivity index (χ3n) is 3.98. The molecule has 1 saturated heterocycles. The van der Waals surface area contributed by atoms with Gasteiger partial charge in [0.25, 0.3) is 0 Å². The van der Waals surface area contributed by atoms with Crippen molar-refractivity contribution in [2.24, 2.45) is 0 Å². The summed E-state index contributed by atoms with van der Waals surface area (Å²) in [5.41, 5.74) is 0.375. The van der Waals surface area contributed by atoms with Crippen LogP contribution in [0.25, 0.3) is 5.65 Å². The number of carbonyl (C=O) groups is 1. The van der Waals surface area contributed by atoms with Crippen LogP contribution >= 0.6 is 0 Å². The number of nitrogens with zero attached hydrogens (tertiary/aromatic N) is 4. The number of aromatic nitrogens is 3. The van der Waals surface area contributed by atoms with Crippen molar-refractivity contribution in [1.29, 1.82) is 0 Å². The Morgan fingerprint density at radius 2 is 2.05 bits per heavy atom. The van der Waals surface area contributed by atoms with E-state index in [-0.39, 0.29) is 36.6 Å². The predicted octanol–water partition coefficient (Wildman–Crippen LogP) is 0.522. The molecule has 0 saturated carbocycles. The zero-order valence-corrected chi connectivity index (χ0v) is 12.8. The molecule has 0 aromatic carbocycles. The highest BCUT2D eigenvalue weighted by Crippen LogP contribution is 2.14. The predicted molar refractivity (Wildman–Crippen MR) is 80.7 cm³/mol. The lowest BCUT2D eigenvalue weighted by Gasteiger charge is -2.38. The van der Waals surface area contributed by atoms with Crippen molar-refractivity contribution in [3.63, 3.8) is 0 Å². The quantitative estimate of drug-likeness (QED) is 0.829. The van der Waals surface area contributed by atoms with E-state index in [1.165, 1.54) is 9.08 Å². The van der Waals surface area contributed by atoms with Gasteiger partial charge < -0.3 is 9.64 Å². The molecule has 0 unspecified atom stereocenters. The van der Waals surface area contributed by atoms with Gasteiger partial charge in [-0.25, -0.2) is 9.48 Å². The van der Waals surface area contributed by atoms with Gasteiger partial charge in [0.05, 0.1) is 31.8 Å². The Bertz CT molecular complexity index is 726. The third-order valence-corrected chi connectivity index (χ3v) is 3.98. The molecule has 1 amide bonds. The van der Waals surface area contributed by atoms with Crippen molar-refractivity contribution in [2.75, 3.05) is 13.2 Å². The highest BCUT2D eigenvalue weighted by Gasteiger charge is 2.29. The summed E-state index contributed by atoms with van der Waals surface area (Å²) in [7, 11) is 0. The van der Waals surface area contributed by atoms with Gasteiger partial charge >= 0.3 is 5.69 Å². The topological polar surface area (TPSA) is 68.8 Å². The average Bonchev–Trinajstić information content (AvgIpc) is 2.82. The van der Waals surface area contributed by atoms with Gasteiger partial charge in [-0.1, -0.05) is 6.07 Å². The number of fused-ring (bicyclic) bond motifs is 1. The molecule has 3 heterocycles. The number of morpholine rings is 1. The molecule has 0 spiro atoms. The normalized spacial score (nSPS) is 22.2. The zero-order chi connectivity index (χ0) is 15.7. The van der Waals surface area contributed by atoms with Gasteiger partial charge in [0.2, 0.25) is 5.91 Å². The molecule has 7 heteroatoms. The van der Waals surface area contributed by atoms with Gasteiger partial charge in [-0.15, -0.1) is 5.10 Å². The largest absolute Gasteiger partial charge is 0.377 e. The van der Waals surface area contributed by atoms with Crippen LogP contribution in [0, 0.1) is 0 Å². The highest BCUT2D eigenvalue weighted by molar-refractivity contribution is 5.76. The van der Waals surface area contributed by atoms with Crippen LogP contribution in [-0.2, 0) is 16.1 Å². The first-order chi connectivity index (χ1) is 10.6. The summed E-state index contributed by atoms with van der Waals surface area (Å²) in [5, 5.41) is 4.24. The van der Waals surface area contributed by atoms with Crippen LogP contribution in [0.2, 0.25) is 0 Å². The Morgan fingerprint density at radius 3 is 2.73 bits per heavy atom. The van der Waals surface area contributed by atoms with E-state index in [1.54, 1.807) is 18.3 Å². The molecule has 0 N–H and O–H groups in total. The molecule has 22 heavy (non-hydrogen) atoms. The minimum absolute atomic E-state index is 0.0345. The Hall–Kier alpha value is -2.15. The zero-order valence-electron chi connectivity index (χ0n) is 12.8. The lowest BCUT2D eigenvalue weighted by molar-refractivity contribution is -0.144. The fourth-order valence-electron chi connectivity index (χ4n) is 2.94. The Kier molecular flexibility index (Phi) is 3.98. The maximum absolute atomic E-state index is 12.4. The van der Waals surface area contributed by atoms with Gasteiger partial charge in [-0.05, 0) is 26.0 Å². The van der Waals surface area contributed by atoms with Gasteiger partial charge in [-0.2, -0.15) is 0 Å². The Labute approximate surface area is 128 Å². The summed E-state index contributed by atoms with van der Waals surface area (Å²) in [5.74, 6) is 0.0345. The second kappa shape index (κ2) is 5.92. The number of amides is 1. The van der Waals surface area contributed by atoms with Crippen molar-refractivity contribution in [3.8, 4) is 0 Å². The summed E-state index contributed by atoms with van der Waals surface area (Å²) in [6, 6.07) is 5.51. The fourth-order valence-corrected chi connectivity index (χ4v) is 2.94. The van der Waals surface area contributed by atoms with E-state index < -0.39 is 0 Å². The van der Waals surface area contributed by atoms with Crippen LogP contribution in [0.1, 0.15) is 20.3 Å². The summed E-state index contributed by atoms with van der Waals surface area (Å²) in [4.78, 5) is 26.5. The first kappa shape index (κ1) is 14.8. The Balaban J connectivity index is 1.72. The second-order valence-corrected chi connectivity index (χ2v) is 5.72. The second-order valence-electron chi connectivity index (χ2n) is 5.72. The maximum Gasteiger partial charge on any atom is 0.350 e. The molecule has 1 aliphatic rings. The molecule has 3 rings (SSSR count). The van der Waals surface area contributed by atoms with E-state index in [2.05, 4.69) is 5.10 Å². The monoisotopic (exact) mass is 304 g/mol. The molecular formula is C15H20N4O3. The van der Waals surface area contributed by atoms with Crippen LogP contribution < -0.4 is 5.69 Å². The lowest BCUT2D eigenvalue weighted by Crippen LogP contribution is -2.52. The highest BCUT2D eigenvalue weighted by atomic mass is 16.5. The van der Waals surface area contributed by atoms with Gasteiger partial charge in [0, 0.05) is 12.6 Å². The van der Waals surface area contributed by atoms with Crippen molar-refractivity contribution >= 4 is 11.6 Å². The van der Waals surface area contributed by atoms with Gasteiger partial charge in [0.15, 0.2) is 5.65 Å². The third kappa shape index (κ3) is 2.64. The molecule has 0 bridgehead atoms. The van der Waals surface area contributed by atoms with Crippen molar-refractivity contribution in [3.05, 3.63) is 34.9 Å².